The second-order valence-electron chi connectivity index (χ2n) is 5.15. The zero-order chi connectivity index (χ0) is 15.7. The van der Waals surface area contributed by atoms with E-state index in [2.05, 4.69) is 23.7 Å². The van der Waals surface area contributed by atoms with Crippen LogP contribution in [0.15, 0.2) is 29.3 Å². The van der Waals surface area contributed by atoms with E-state index < -0.39 is 0 Å². The smallest absolute Gasteiger partial charge is 0.191 e. The van der Waals surface area contributed by atoms with Gasteiger partial charge in [-0.15, -0.1) is 0 Å². The fourth-order valence-electron chi connectivity index (χ4n) is 1.90. The molecule has 0 bridgehead atoms. The Balaban J connectivity index is 2.58. The van der Waals surface area contributed by atoms with Gasteiger partial charge in [-0.3, -0.25) is 0 Å². The Labute approximate surface area is 128 Å². The van der Waals surface area contributed by atoms with Crippen LogP contribution in [-0.4, -0.2) is 56.1 Å². The Hall–Kier alpha value is -1.75. The van der Waals surface area contributed by atoms with Gasteiger partial charge in [0.05, 0.1) is 6.54 Å². The molecule has 0 aliphatic rings. The van der Waals surface area contributed by atoms with Crippen LogP contribution in [0.5, 0.6) is 5.75 Å². The molecule has 0 saturated heterocycles. The summed E-state index contributed by atoms with van der Waals surface area (Å²) in [7, 11) is 4.06. The largest absolute Gasteiger partial charge is 0.492 e. The van der Waals surface area contributed by atoms with E-state index in [9.17, 15) is 0 Å². The van der Waals surface area contributed by atoms with Gasteiger partial charge in [-0.2, -0.15) is 0 Å². The van der Waals surface area contributed by atoms with E-state index >= 15 is 0 Å². The highest BCUT2D eigenvalue weighted by molar-refractivity contribution is 5.78. The number of guanidine groups is 1. The summed E-state index contributed by atoms with van der Waals surface area (Å²) < 4.78 is 5.72. The van der Waals surface area contributed by atoms with Crippen molar-refractivity contribution < 1.29 is 4.74 Å². The predicted molar refractivity (Wildman–Crippen MR) is 88.7 cm³/mol. The zero-order valence-electron chi connectivity index (χ0n) is 13.7. The van der Waals surface area contributed by atoms with E-state index in [1.807, 2.05) is 43.3 Å². The van der Waals surface area contributed by atoms with E-state index in [4.69, 9.17) is 10.5 Å². The van der Waals surface area contributed by atoms with Crippen LogP contribution in [0.3, 0.4) is 0 Å². The van der Waals surface area contributed by atoms with Gasteiger partial charge in [0.25, 0.3) is 0 Å². The Morgan fingerprint density at radius 2 is 1.95 bits per heavy atom. The summed E-state index contributed by atoms with van der Waals surface area (Å²) in [5, 5.41) is 0. The number of rotatable bonds is 8. The molecule has 2 N–H and O–H groups in total. The number of likely N-dealkylation sites (N-methyl/N-ethyl adjacent to an activating group) is 1. The monoisotopic (exact) mass is 292 g/mol. The summed E-state index contributed by atoms with van der Waals surface area (Å²) in [5.41, 5.74) is 7.08. The molecule has 0 aliphatic carbocycles. The van der Waals surface area contributed by atoms with Crippen molar-refractivity contribution in [2.24, 2.45) is 10.7 Å². The Morgan fingerprint density at radius 3 is 2.57 bits per heavy atom. The molecule has 0 aliphatic heterocycles. The van der Waals surface area contributed by atoms with Crippen molar-refractivity contribution >= 4 is 5.96 Å². The Morgan fingerprint density at radius 1 is 1.24 bits per heavy atom. The fourth-order valence-corrected chi connectivity index (χ4v) is 1.90. The van der Waals surface area contributed by atoms with Crippen LogP contribution in [-0.2, 0) is 6.54 Å². The first-order valence-corrected chi connectivity index (χ1v) is 7.48. The standard InChI is InChI=1S/C16H28N4O/c1-5-20(6-2)16(17)18-13-14-8-7-9-15(12-14)21-11-10-19(3)4/h7-9,12H,5-6,10-11,13H2,1-4H3,(H2,17,18). The molecular weight excluding hydrogens is 264 g/mol. The maximum Gasteiger partial charge on any atom is 0.191 e. The van der Waals surface area contributed by atoms with Crippen molar-refractivity contribution in [1.82, 2.24) is 9.80 Å². The van der Waals surface area contributed by atoms with E-state index in [1.54, 1.807) is 0 Å². The van der Waals surface area contributed by atoms with Crippen molar-refractivity contribution in [2.45, 2.75) is 20.4 Å². The number of ether oxygens (including phenoxy) is 1. The minimum atomic E-state index is 0.577. The molecule has 0 aromatic heterocycles. The molecule has 118 valence electrons. The first kappa shape index (κ1) is 17.3. The molecule has 0 unspecified atom stereocenters. The third kappa shape index (κ3) is 6.49. The number of nitrogens with two attached hydrogens (primary N) is 1. The average Bonchev–Trinajstić information content (AvgIpc) is 2.46. The molecule has 0 radical (unpaired) electrons. The van der Waals surface area contributed by atoms with Gasteiger partial charge >= 0.3 is 0 Å². The molecule has 0 fully saturated rings. The predicted octanol–water partition coefficient (Wildman–Crippen LogP) is 1.78. The molecule has 0 saturated carbocycles. The molecule has 0 atom stereocenters. The summed E-state index contributed by atoms with van der Waals surface area (Å²) in [6.45, 7) is 8.06. The summed E-state index contributed by atoms with van der Waals surface area (Å²) in [4.78, 5) is 8.58. The third-order valence-electron chi connectivity index (χ3n) is 3.22. The van der Waals surface area contributed by atoms with Gasteiger partial charge < -0.3 is 20.3 Å². The topological polar surface area (TPSA) is 54.1 Å². The summed E-state index contributed by atoms with van der Waals surface area (Å²) in [6, 6.07) is 8.02. The highest BCUT2D eigenvalue weighted by Gasteiger charge is 2.02. The third-order valence-corrected chi connectivity index (χ3v) is 3.22. The van der Waals surface area contributed by atoms with Gasteiger partial charge in [-0.25, -0.2) is 4.99 Å². The highest BCUT2D eigenvalue weighted by Crippen LogP contribution is 2.14. The lowest BCUT2D eigenvalue weighted by atomic mass is 10.2. The molecule has 0 spiro atoms. The van der Waals surface area contributed by atoms with Gasteiger partial charge in [-0.1, -0.05) is 12.1 Å². The first-order chi connectivity index (χ1) is 10.1. The normalized spacial score (nSPS) is 11.8. The zero-order valence-corrected chi connectivity index (χ0v) is 13.7. The van der Waals surface area contributed by atoms with Crippen LogP contribution < -0.4 is 10.5 Å². The molecule has 5 nitrogen and oxygen atoms in total. The number of hydrogen-bond acceptors (Lipinski definition) is 3. The Bertz CT molecular complexity index is 442. The molecule has 1 aromatic carbocycles. The van der Waals surface area contributed by atoms with E-state index in [1.165, 1.54) is 0 Å². The van der Waals surface area contributed by atoms with Gasteiger partial charge in [0, 0.05) is 19.6 Å². The SMILES string of the molecule is CCN(CC)C(N)=NCc1cccc(OCCN(C)C)c1. The fraction of sp³-hybridized carbons (Fsp3) is 0.562. The number of nitrogens with zero attached hydrogens (tertiary/aromatic N) is 3. The van der Waals surface area contributed by atoms with Crippen molar-refractivity contribution in [2.75, 3.05) is 40.3 Å². The van der Waals surface area contributed by atoms with Crippen molar-refractivity contribution in [3.63, 3.8) is 0 Å². The lowest BCUT2D eigenvalue weighted by Crippen LogP contribution is -2.37. The lowest BCUT2D eigenvalue weighted by Gasteiger charge is -2.19. The number of benzene rings is 1. The van der Waals surface area contributed by atoms with E-state index in [-0.39, 0.29) is 0 Å². The van der Waals surface area contributed by atoms with Crippen LogP contribution >= 0.6 is 0 Å². The lowest BCUT2D eigenvalue weighted by molar-refractivity contribution is 0.261. The quantitative estimate of drug-likeness (QED) is 0.586. The molecule has 1 aromatic rings. The number of aliphatic imine (C=N–C) groups is 1. The number of hydrogen-bond donors (Lipinski definition) is 1. The molecule has 0 heterocycles. The Kier molecular flexibility index (Phi) is 7.61. The second-order valence-corrected chi connectivity index (χ2v) is 5.15. The highest BCUT2D eigenvalue weighted by atomic mass is 16.5. The van der Waals surface area contributed by atoms with Crippen LogP contribution in [0.25, 0.3) is 0 Å². The van der Waals surface area contributed by atoms with E-state index in [0.29, 0.717) is 19.1 Å². The maximum atomic E-state index is 5.98. The summed E-state index contributed by atoms with van der Waals surface area (Å²) >= 11 is 0. The van der Waals surface area contributed by atoms with Crippen LogP contribution in [0.2, 0.25) is 0 Å². The van der Waals surface area contributed by atoms with E-state index in [0.717, 1.165) is 30.9 Å². The van der Waals surface area contributed by atoms with Gasteiger partial charge in [0.2, 0.25) is 0 Å². The van der Waals surface area contributed by atoms with Gasteiger partial charge in [0.1, 0.15) is 12.4 Å². The summed E-state index contributed by atoms with van der Waals surface area (Å²) in [6.07, 6.45) is 0. The molecular formula is C16H28N4O. The average molecular weight is 292 g/mol. The van der Waals surface area contributed by atoms with Crippen molar-refractivity contribution in [1.29, 1.82) is 0 Å². The molecule has 21 heavy (non-hydrogen) atoms. The summed E-state index contributed by atoms with van der Waals surface area (Å²) in [5.74, 6) is 1.48. The molecule has 5 heteroatoms. The van der Waals surface area contributed by atoms with Gasteiger partial charge in [-0.05, 0) is 45.6 Å². The first-order valence-electron chi connectivity index (χ1n) is 7.48. The molecule has 0 amide bonds. The van der Waals surface area contributed by atoms with Crippen LogP contribution in [0.4, 0.5) is 0 Å². The van der Waals surface area contributed by atoms with Crippen LogP contribution in [0, 0.1) is 0 Å². The maximum absolute atomic E-state index is 5.98. The van der Waals surface area contributed by atoms with Gasteiger partial charge in [0.15, 0.2) is 5.96 Å². The minimum Gasteiger partial charge on any atom is -0.492 e. The van der Waals surface area contributed by atoms with Crippen LogP contribution in [0.1, 0.15) is 19.4 Å². The van der Waals surface area contributed by atoms with Crippen molar-refractivity contribution in [3.05, 3.63) is 29.8 Å². The minimum absolute atomic E-state index is 0.577. The van der Waals surface area contributed by atoms with Crippen molar-refractivity contribution in [3.8, 4) is 5.75 Å². The molecule has 1 rings (SSSR count). The second kappa shape index (κ2) is 9.23.